The minimum Gasteiger partial charge on any atom is -0.507 e. The van der Waals surface area contributed by atoms with Crippen molar-refractivity contribution in [2.24, 2.45) is 0 Å². The summed E-state index contributed by atoms with van der Waals surface area (Å²) >= 11 is 5.74. The molecule has 1 aliphatic carbocycles. The van der Waals surface area contributed by atoms with Gasteiger partial charge in [0.2, 0.25) is 0 Å². The molecule has 2 aromatic rings. The molecule has 0 atom stereocenters. The SMILES string of the molecule is Cc1c2c(cc(O)c1-c1ccnc(Cl)c1F)CCCC2. The number of phenolic OH excluding ortho intramolecular Hbond substituents is 1. The summed E-state index contributed by atoms with van der Waals surface area (Å²) in [5, 5.41) is 10.1. The zero-order valence-electron chi connectivity index (χ0n) is 11.2. The average molecular weight is 292 g/mol. The van der Waals surface area contributed by atoms with Gasteiger partial charge in [0.15, 0.2) is 11.0 Å². The molecule has 0 unspecified atom stereocenters. The summed E-state index contributed by atoms with van der Waals surface area (Å²) in [6, 6.07) is 3.32. The van der Waals surface area contributed by atoms with Gasteiger partial charge in [0.1, 0.15) is 5.75 Å². The Hall–Kier alpha value is -1.61. The van der Waals surface area contributed by atoms with Gasteiger partial charge in [0.05, 0.1) is 0 Å². The second kappa shape index (κ2) is 5.06. The molecule has 0 radical (unpaired) electrons. The fraction of sp³-hybridized carbons (Fsp3) is 0.312. The van der Waals surface area contributed by atoms with Crippen LogP contribution in [-0.4, -0.2) is 10.1 Å². The maximum atomic E-state index is 14.2. The van der Waals surface area contributed by atoms with E-state index >= 15 is 0 Å². The summed E-state index contributed by atoms with van der Waals surface area (Å²) in [5.74, 6) is -0.465. The number of aryl methyl sites for hydroxylation is 1. The summed E-state index contributed by atoms with van der Waals surface area (Å²) in [6.45, 7) is 1.94. The van der Waals surface area contributed by atoms with Gasteiger partial charge in [-0.25, -0.2) is 9.37 Å². The van der Waals surface area contributed by atoms with Gasteiger partial charge in [-0.1, -0.05) is 11.6 Å². The molecule has 1 aromatic carbocycles. The second-order valence-corrected chi connectivity index (χ2v) is 5.56. The smallest absolute Gasteiger partial charge is 0.168 e. The molecule has 3 rings (SSSR count). The Morgan fingerprint density at radius 2 is 2.05 bits per heavy atom. The van der Waals surface area contributed by atoms with Crippen molar-refractivity contribution in [2.75, 3.05) is 0 Å². The van der Waals surface area contributed by atoms with Crippen LogP contribution >= 0.6 is 11.6 Å². The van der Waals surface area contributed by atoms with Crippen LogP contribution in [0.25, 0.3) is 11.1 Å². The molecule has 1 aliphatic rings. The molecule has 0 saturated heterocycles. The number of phenols is 1. The number of aromatic hydroxyl groups is 1. The molecule has 1 heterocycles. The lowest BCUT2D eigenvalue weighted by Gasteiger charge is -2.22. The molecule has 20 heavy (non-hydrogen) atoms. The topological polar surface area (TPSA) is 33.1 Å². The van der Waals surface area contributed by atoms with E-state index in [4.69, 9.17) is 11.6 Å². The molecule has 0 aliphatic heterocycles. The van der Waals surface area contributed by atoms with Gasteiger partial charge in [-0.15, -0.1) is 0 Å². The van der Waals surface area contributed by atoms with Crippen LogP contribution < -0.4 is 0 Å². The molecule has 4 heteroatoms. The predicted molar refractivity (Wildman–Crippen MR) is 77.7 cm³/mol. The first-order valence-corrected chi connectivity index (χ1v) is 7.12. The number of hydrogen-bond acceptors (Lipinski definition) is 2. The van der Waals surface area contributed by atoms with Crippen molar-refractivity contribution < 1.29 is 9.50 Å². The summed E-state index contributed by atoms with van der Waals surface area (Å²) in [6.07, 6.45) is 5.69. The average Bonchev–Trinajstić information content (AvgIpc) is 2.43. The van der Waals surface area contributed by atoms with Gasteiger partial charge in [-0.2, -0.15) is 0 Å². The fourth-order valence-corrected chi connectivity index (χ4v) is 3.21. The van der Waals surface area contributed by atoms with E-state index in [1.807, 2.05) is 6.92 Å². The first kappa shape index (κ1) is 13.4. The highest BCUT2D eigenvalue weighted by atomic mass is 35.5. The minimum atomic E-state index is -0.580. The minimum absolute atomic E-state index is 0.115. The molecule has 104 valence electrons. The van der Waals surface area contributed by atoms with Crippen LogP contribution in [0.3, 0.4) is 0 Å². The third-order valence-corrected chi connectivity index (χ3v) is 4.28. The Morgan fingerprint density at radius 3 is 2.85 bits per heavy atom. The van der Waals surface area contributed by atoms with Crippen LogP contribution in [0.2, 0.25) is 5.15 Å². The Morgan fingerprint density at radius 1 is 1.30 bits per heavy atom. The van der Waals surface area contributed by atoms with E-state index in [1.165, 1.54) is 17.3 Å². The van der Waals surface area contributed by atoms with Crippen molar-refractivity contribution >= 4 is 11.6 Å². The summed E-state index contributed by atoms with van der Waals surface area (Å²) < 4.78 is 14.2. The van der Waals surface area contributed by atoms with Crippen LogP contribution in [0.1, 0.15) is 29.5 Å². The molecular weight excluding hydrogens is 277 g/mol. The van der Waals surface area contributed by atoms with Gasteiger partial charge in [0, 0.05) is 17.3 Å². The maximum Gasteiger partial charge on any atom is 0.168 e. The van der Waals surface area contributed by atoms with Crippen molar-refractivity contribution in [1.82, 2.24) is 4.98 Å². The van der Waals surface area contributed by atoms with Crippen LogP contribution in [0.4, 0.5) is 4.39 Å². The molecule has 0 saturated carbocycles. The van der Waals surface area contributed by atoms with Crippen LogP contribution in [0.15, 0.2) is 18.3 Å². The van der Waals surface area contributed by atoms with Crippen molar-refractivity contribution in [3.63, 3.8) is 0 Å². The highest BCUT2D eigenvalue weighted by Crippen LogP contribution is 2.40. The number of fused-ring (bicyclic) bond motifs is 1. The molecule has 0 amide bonds. The summed E-state index contributed by atoms with van der Waals surface area (Å²) in [4.78, 5) is 3.72. The number of hydrogen-bond donors (Lipinski definition) is 1. The first-order valence-electron chi connectivity index (χ1n) is 6.74. The van der Waals surface area contributed by atoms with E-state index in [1.54, 1.807) is 12.1 Å². The first-order chi connectivity index (χ1) is 9.59. The van der Waals surface area contributed by atoms with Crippen LogP contribution in [0.5, 0.6) is 5.75 Å². The van der Waals surface area contributed by atoms with Crippen molar-refractivity contribution in [1.29, 1.82) is 0 Å². The molecule has 1 N–H and O–H groups in total. The third-order valence-electron chi connectivity index (χ3n) is 4.02. The lowest BCUT2D eigenvalue weighted by molar-refractivity contribution is 0.474. The van der Waals surface area contributed by atoms with E-state index in [2.05, 4.69) is 4.98 Å². The Labute approximate surface area is 122 Å². The van der Waals surface area contributed by atoms with Gasteiger partial charge >= 0.3 is 0 Å². The number of aromatic nitrogens is 1. The summed E-state index contributed by atoms with van der Waals surface area (Å²) in [7, 11) is 0. The van der Waals surface area contributed by atoms with E-state index in [9.17, 15) is 9.50 Å². The Kier molecular flexibility index (Phi) is 3.38. The number of nitrogens with zero attached hydrogens (tertiary/aromatic N) is 1. The van der Waals surface area contributed by atoms with E-state index in [-0.39, 0.29) is 10.9 Å². The number of pyridine rings is 1. The Bertz CT molecular complexity index is 685. The molecule has 0 fully saturated rings. The second-order valence-electron chi connectivity index (χ2n) is 5.20. The van der Waals surface area contributed by atoms with Gasteiger partial charge in [-0.3, -0.25) is 0 Å². The van der Waals surface area contributed by atoms with Crippen molar-refractivity contribution in [2.45, 2.75) is 32.6 Å². The summed E-state index contributed by atoms with van der Waals surface area (Å²) in [5.41, 5.74) is 4.20. The number of benzene rings is 1. The highest BCUT2D eigenvalue weighted by molar-refractivity contribution is 6.29. The van der Waals surface area contributed by atoms with Gasteiger partial charge < -0.3 is 5.11 Å². The predicted octanol–water partition coefficient (Wildman–Crippen LogP) is 4.43. The van der Waals surface area contributed by atoms with Gasteiger partial charge in [0.25, 0.3) is 0 Å². The largest absolute Gasteiger partial charge is 0.507 e. The lowest BCUT2D eigenvalue weighted by Crippen LogP contribution is -2.06. The fourth-order valence-electron chi connectivity index (χ4n) is 3.05. The molecular formula is C16H15ClFNO. The van der Waals surface area contributed by atoms with E-state index in [0.29, 0.717) is 11.1 Å². The molecule has 0 spiro atoms. The number of rotatable bonds is 1. The molecule has 2 nitrogen and oxygen atoms in total. The van der Waals surface area contributed by atoms with Crippen LogP contribution in [0, 0.1) is 12.7 Å². The molecule has 0 bridgehead atoms. The standard InChI is InChI=1S/C16H15ClFNO/c1-9-11-5-3-2-4-10(11)8-13(20)14(9)12-6-7-19-16(17)15(12)18/h6-8,20H,2-5H2,1H3. The van der Waals surface area contributed by atoms with E-state index < -0.39 is 5.82 Å². The highest BCUT2D eigenvalue weighted by Gasteiger charge is 2.21. The normalized spacial score (nSPS) is 14.2. The zero-order chi connectivity index (χ0) is 14.3. The monoisotopic (exact) mass is 291 g/mol. The van der Waals surface area contributed by atoms with Crippen molar-refractivity contribution in [3.05, 3.63) is 46.0 Å². The zero-order valence-corrected chi connectivity index (χ0v) is 12.0. The van der Waals surface area contributed by atoms with Crippen molar-refractivity contribution in [3.8, 4) is 16.9 Å². The number of halogens is 2. The van der Waals surface area contributed by atoms with E-state index in [0.717, 1.165) is 31.2 Å². The third kappa shape index (κ3) is 2.06. The van der Waals surface area contributed by atoms with Crippen LogP contribution in [-0.2, 0) is 12.8 Å². The lowest BCUT2D eigenvalue weighted by atomic mass is 9.84. The maximum absolute atomic E-state index is 14.2. The Balaban J connectivity index is 2.26. The van der Waals surface area contributed by atoms with Gasteiger partial charge in [-0.05, 0) is 61.4 Å². The molecule has 1 aromatic heterocycles. The quantitative estimate of drug-likeness (QED) is 0.788.